The summed E-state index contributed by atoms with van der Waals surface area (Å²) in [6, 6.07) is 17.7. The molecule has 3 atom stereocenters. The molecule has 2 fully saturated rings. The van der Waals surface area contributed by atoms with Crippen LogP contribution in [0.15, 0.2) is 66.7 Å². The van der Waals surface area contributed by atoms with Gasteiger partial charge in [0.1, 0.15) is 23.9 Å². The van der Waals surface area contributed by atoms with Gasteiger partial charge in [-0.25, -0.2) is 4.39 Å². The summed E-state index contributed by atoms with van der Waals surface area (Å²) in [5.41, 5.74) is 1.65. The highest BCUT2D eigenvalue weighted by molar-refractivity contribution is 5.95. The molecule has 1 aliphatic heterocycles. The van der Waals surface area contributed by atoms with Crippen molar-refractivity contribution in [1.82, 2.24) is 20.4 Å². The second-order valence-electron chi connectivity index (χ2n) is 11.6. The molecule has 2 N–H and O–H groups in total. The summed E-state index contributed by atoms with van der Waals surface area (Å²) < 4.78 is 13.5. The first-order chi connectivity index (χ1) is 20.7. The Balaban J connectivity index is 1.39. The number of hydrogen-bond donors (Lipinski definition) is 2. The van der Waals surface area contributed by atoms with Crippen molar-refractivity contribution in [2.24, 2.45) is 0 Å². The van der Waals surface area contributed by atoms with E-state index < -0.39 is 18.1 Å². The van der Waals surface area contributed by atoms with Gasteiger partial charge in [-0.15, -0.1) is 0 Å². The van der Waals surface area contributed by atoms with E-state index in [-0.39, 0.29) is 55.0 Å². The Morgan fingerprint density at radius 2 is 1.63 bits per heavy atom. The molecule has 1 saturated carbocycles. The fourth-order valence-corrected chi connectivity index (χ4v) is 5.89. The average molecular weight is 587 g/mol. The van der Waals surface area contributed by atoms with Gasteiger partial charge in [-0.1, -0.05) is 67.9 Å². The number of fused-ring (bicyclic) bond motifs is 1. The zero-order valence-corrected chi connectivity index (χ0v) is 24.7. The lowest BCUT2D eigenvalue weighted by atomic mass is 9.96. The summed E-state index contributed by atoms with van der Waals surface area (Å²) >= 11 is 0. The van der Waals surface area contributed by atoms with E-state index in [1.54, 1.807) is 21.9 Å². The van der Waals surface area contributed by atoms with E-state index in [1.165, 1.54) is 19.1 Å². The lowest BCUT2D eigenvalue weighted by Crippen LogP contribution is -2.65. The minimum Gasteiger partial charge on any atom is -0.352 e. The Morgan fingerprint density at radius 1 is 0.930 bits per heavy atom. The van der Waals surface area contributed by atoms with Crippen LogP contribution in [0.25, 0.3) is 10.8 Å². The molecule has 2 aliphatic rings. The summed E-state index contributed by atoms with van der Waals surface area (Å²) in [5, 5.41) is 8.00. The monoisotopic (exact) mass is 586 g/mol. The van der Waals surface area contributed by atoms with Crippen LogP contribution in [0, 0.1) is 5.82 Å². The van der Waals surface area contributed by atoms with Gasteiger partial charge in [0.25, 0.3) is 0 Å². The number of hydrogen-bond acceptors (Lipinski definition) is 4. The highest BCUT2D eigenvalue weighted by Gasteiger charge is 2.43. The first kappa shape index (κ1) is 30.2. The summed E-state index contributed by atoms with van der Waals surface area (Å²) in [5.74, 6) is -1.56. The molecule has 0 spiro atoms. The molecule has 0 radical (unpaired) electrons. The Labute approximate surface area is 251 Å². The van der Waals surface area contributed by atoms with Crippen LogP contribution in [0.3, 0.4) is 0 Å². The third kappa shape index (κ3) is 7.39. The molecule has 3 aromatic rings. The number of benzene rings is 3. The van der Waals surface area contributed by atoms with Crippen molar-refractivity contribution in [1.29, 1.82) is 0 Å². The van der Waals surface area contributed by atoms with E-state index >= 15 is 0 Å². The lowest BCUT2D eigenvalue weighted by molar-refractivity contribution is -0.157. The molecule has 9 heteroatoms. The van der Waals surface area contributed by atoms with Crippen LogP contribution in [0.1, 0.15) is 50.7 Å². The molecule has 1 heterocycles. The largest absolute Gasteiger partial charge is 0.352 e. The van der Waals surface area contributed by atoms with Crippen molar-refractivity contribution in [2.45, 2.75) is 76.5 Å². The molecule has 226 valence electrons. The van der Waals surface area contributed by atoms with Gasteiger partial charge in [0.15, 0.2) is 0 Å². The Hall–Kier alpha value is -4.27. The molecule has 1 aliphatic carbocycles. The Bertz CT molecular complexity index is 1490. The second-order valence-corrected chi connectivity index (χ2v) is 11.6. The molecule has 3 unspecified atom stereocenters. The van der Waals surface area contributed by atoms with Gasteiger partial charge in [-0.05, 0) is 53.3 Å². The number of piperazine rings is 1. The number of carbonyl (C=O) groups is 4. The number of halogens is 1. The van der Waals surface area contributed by atoms with E-state index in [0.717, 1.165) is 29.2 Å². The van der Waals surface area contributed by atoms with Crippen molar-refractivity contribution >= 4 is 34.4 Å². The van der Waals surface area contributed by atoms with Crippen LogP contribution in [-0.2, 0) is 32.0 Å². The van der Waals surface area contributed by atoms with Gasteiger partial charge in [0, 0.05) is 38.9 Å². The van der Waals surface area contributed by atoms with Crippen molar-refractivity contribution < 1.29 is 23.6 Å². The highest BCUT2D eigenvalue weighted by Crippen LogP contribution is 2.25. The fourth-order valence-electron chi connectivity index (χ4n) is 5.89. The molecule has 43 heavy (non-hydrogen) atoms. The number of amides is 4. The SMILES string of the molecule is CCCC1C(=O)N(C(Cc2ccc3ccccc3c2)C(=O)NC2CC2)CCN1C(=O)C(Cc1ccc(F)cc1)NC(C)=O. The van der Waals surface area contributed by atoms with Gasteiger partial charge in [-0.2, -0.15) is 0 Å². The molecule has 5 rings (SSSR count). The third-order valence-corrected chi connectivity index (χ3v) is 8.25. The van der Waals surface area contributed by atoms with Crippen LogP contribution in [0.4, 0.5) is 4.39 Å². The normalized spacial score (nSPS) is 18.3. The number of nitrogens with one attached hydrogen (secondary N) is 2. The Kier molecular flexibility index (Phi) is 9.38. The topological polar surface area (TPSA) is 98.8 Å². The van der Waals surface area contributed by atoms with Crippen molar-refractivity contribution in [2.75, 3.05) is 13.1 Å². The first-order valence-corrected chi connectivity index (χ1v) is 15.1. The smallest absolute Gasteiger partial charge is 0.246 e. The number of nitrogens with zero attached hydrogens (tertiary/aromatic N) is 2. The molecular weight excluding hydrogens is 547 g/mol. The van der Waals surface area contributed by atoms with Crippen LogP contribution < -0.4 is 10.6 Å². The summed E-state index contributed by atoms with van der Waals surface area (Å²) in [6.07, 6.45) is 3.47. The van der Waals surface area contributed by atoms with Crippen LogP contribution in [0.5, 0.6) is 0 Å². The van der Waals surface area contributed by atoms with Gasteiger partial charge >= 0.3 is 0 Å². The second kappa shape index (κ2) is 13.4. The maximum atomic E-state index is 14.1. The van der Waals surface area contributed by atoms with Crippen LogP contribution in [0.2, 0.25) is 0 Å². The summed E-state index contributed by atoms with van der Waals surface area (Å²) in [4.78, 5) is 56.9. The quantitative estimate of drug-likeness (QED) is 0.358. The molecule has 3 aromatic carbocycles. The molecule has 0 aromatic heterocycles. The van der Waals surface area contributed by atoms with Gasteiger partial charge in [0.2, 0.25) is 23.6 Å². The summed E-state index contributed by atoms with van der Waals surface area (Å²) in [7, 11) is 0. The standard InChI is InChI=1S/C34H39FN4O4/c1-3-6-30-34(43)39(18-17-38(30)33(42)29(36-22(2)40)20-23-10-13-27(35)14-11-23)31(32(41)37-28-15-16-28)21-24-9-12-25-7-4-5-8-26(25)19-24/h4-5,7-14,19,28-31H,3,6,15-18,20-21H2,1-2H3,(H,36,40)(H,37,41). The minimum atomic E-state index is -0.909. The van der Waals surface area contributed by atoms with Crippen molar-refractivity contribution in [3.63, 3.8) is 0 Å². The number of carbonyl (C=O) groups excluding carboxylic acids is 4. The van der Waals surface area contributed by atoms with Crippen LogP contribution >= 0.6 is 0 Å². The predicted octanol–water partition coefficient (Wildman–Crippen LogP) is 3.76. The van der Waals surface area contributed by atoms with Gasteiger partial charge < -0.3 is 20.4 Å². The van der Waals surface area contributed by atoms with Crippen molar-refractivity contribution in [3.05, 3.63) is 83.7 Å². The maximum Gasteiger partial charge on any atom is 0.246 e. The van der Waals surface area contributed by atoms with Gasteiger partial charge in [-0.3, -0.25) is 19.2 Å². The maximum absolute atomic E-state index is 14.1. The number of rotatable bonds is 11. The van der Waals surface area contributed by atoms with Crippen molar-refractivity contribution in [3.8, 4) is 0 Å². The molecule has 0 bridgehead atoms. The van der Waals surface area contributed by atoms with E-state index in [0.29, 0.717) is 24.8 Å². The molecule has 4 amide bonds. The molecule has 8 nitrogen and oxygen atoms in total. The third-order valence-electron chi connectivity index (χ3n) is 8.25. The molecular formula is C34H39FN4O4. The first-order valence-electron chi connectivity index (χ1n) is 15.1. The van der Waals surface area contributed by atoms with E-state index in [1.807, 2.05) is 43.3 Å². The van der Waals surface area contributed by atoms with E-state index in [4.69, 9.17) is 0 Å². The average Bonchev–Trinajstić information content (AvgIpc) is 3.81. The Morgan fingerprint density at radius 3 is 2.30 bits per heavy atom. The fraction of sp³-hybridized carbons (Fsp3) is 0.412. The highest BCUT2D eigenvalue weighted by atomic mass is 19.1. The molecule has 1 saturated heterocycles. The van der Waals surface area contributed by atoms with E-state index in [2.05, 4.69) is 16.7 Å². The summed E-state index contributed by atoms with van der Waals surface area (Å²) in [6.45, 7) is 3.72. The van der Waals surface area contributed by atoms with Gasteiger partial charge in [0.05, 0.1) is 0 Å². The van der Waals surface area contributed by atoms with E-state index in [9.17, 15) is 23.6 Å². The van der Waals surface area contributed by atoms with Crippen LogP contribution in [-0.4, -0.2) is 70.7 Å². The lowest BCUT2D eigenvalue weighted by Gasteiger charge is -2.44. The zero-order valence-electron chi connectivity index (χ0n) is 24.7. The zero-order chi connectivity index (χ0) is 30.5. The minimum absolute atomic E-state index is 0.140. The predicted molar refractivity (Wildman–Crippen MR) is 162 cm³/mol.